The molecule has 0 spiro atoms. The molecule has 3 nitrogen and oxygen atoms in total. The average Bonchev–Trinajstić information content (AvgIpc) is 2.94. The van der Waals surface area contributed by atoms with E-state index < -0.39 is 32.4 Å². The van der Waals surface area contributed by atoms with Gasteiger partial charge in [-0.05, 0) is 34.5 Å². The van der Waals surface area contributed by atoms with Crippen LogP contribution in [0.3, 0.4) is 0 Å². The van der Waals surface area contributed by atoms with Crippen molar-refractivity contribution in [3.63, 3.8) is 0 Å². The summed E-state index contributed by atoms with van der Waals surface area (Å²) < 4.78 is 67.2. The molecule has 1 N–H and O–H groups in total. The Hall–Kier alpha value is -1.90. The zero-order chi connectivity index (χ0) is 16.6. The topological polar surface area (TPSA) is 46.2 Å². The molecule has 0 amide bonds. The first-order valence-electron chi connectivity index (χ1n) is 6.48. The van der Waals surface area contributed by atoms with Gasteiger partial charge in [-0.1, -0.05) is 18.2 Å². The Labute approximate surface area is 134 Å². The number of sulfonamides is 1. The molecule has 1 aromatic heterocycles. The van der Waals surface area contributed by atoms with Gasteiger partial charge in [-0.25, -0.2) is 26.3 Å². The molecule has 2 aromatic carbocycles. The Kier molecular flexibility index (Phi) is 4.13. The predicted octanol–water partition coefficient (Wildman–Crippen LogP) is 3.80. The summed E-state index contributed by atoms with van der Waals surface area (Å²) in [7, 11) is -4.30. The fraction of sp³-hybridized carbons (Fsp3) is 0.0667. The highest BCUT2D eigenvalue weighted by Crippen LogP contribution is 2.26. The third-order valence-corrected chi connectivity index (χ3v) is 5.73. The van der Waals surface area contributed by atoms with Crippen LogP contribution in [0.15, 0.2) is 46.7 Å². The summed E-state index contributed by atoms with van der Waals surface area (Å²) in [6, 6.07) is 8.70. The largest absolute Gasteiger partial charge is 0.243 e. The van der Waals surface area contributed by atoms with Crippen molar-refractivity contribution >= 4 is 31.4 Å². The van der Waals surface area contributed by atoms with E-state index in [9.17, 15) is 21.6 Å². The molecule has 1 heterocycles. The molecule has 23 heavy (non-hydrogen) atoms. The van der Waals surface area contributed by atoms with Crippen LogP contribution in [-0.4, -0.2) is 8.42 Å². The maximum atomic E-state index is 13.6. The maximum Gasteiger partial charge on any atom is 0.243 e. The van der Waals surface area contributed by atoms with Crippen molar-refractivity contribution in [1.29, 1.82) is 0 Å². The number of nitrogens with one attached hydrogen (secondary N) is 1. The van der Waals surface area contributed by atoms with Gasteiger partial charge in [-0.2, -0.15) is 0 Å². The number of halogens is 3. The number of thiophene rings is 1. The zero-order valence-corrected chi connectivity index (χ0v) is 13.1. The second kappa shape index (κ2) is 5.95. The second-order valence-electron chi connectivity index (χ2n) is 4.76. The molecule has 0 saturated heterocycles. The van der Waals surface area contributed by atoms with Crippen LogP contribution in [0, 0.1) is 17.5 Å². The third kappa shape index (κ3) is 2.97. The maximum absolute atomic E-state index is 13.6. The van der Waals surface area contributed by atoms with E-state index in [1.165, 1.54) is 11.3 Å². The summed E-state index contributed by atoms with van der Waals surface area (Å²) in [5, 5.41) is 2.67. The van der Waals surface area contributed by atoms with Crippen molar-refractivity contribution in [3.05, 3.63) is 64.8 Å². The number of rotatable bonds is 4. The van der Waals surface area contributed by atoms with Gasteiger partial charge in [0, 0.05) is 11.2 Å². The molecule has 0 aliphatic heterocycles. The molecule has 0 aliphatic carbocycles. The van der Waals surface area contributed by atoms with Crippen LogP contribution in [0.4, 0.5) is 13.2 Å². The summed E-state index contributed by atoms with van der Waals surface area (Å²) in [5.74, 6) is -4.98. The molecular formula is C15H10F3NO2S2. The zero-order valence-electron chi connectivity index (χ0n) is 11.5. The fourth-order valence-electron chi connectivity index (χ4n) is 2.14. The monoisotopic (exact) mass is 357 g/mol. The summed E-state index contributed by atoms with van der Waals surface area (Å²) in [5.41, 5.74) is 0.720. The Morgan fingerprint density at radius 2 is 1.74 bits per heavy atom. The van der Waals surface area contributed by atoms with Gasteiger partial charge in [0.1, 0.15) is 4.90 Å². The van der Waals surface area contributed by atoms with Crippen LogP contribution < -0.4 is 4.72 Å². The smallest absolute Gasteiger partial charge is 0.207 e. The standard InChI is InChI=1S/C15H10F3NO2S2/c16-11-5-6-13(15(18)14(11)17)23(20,21)19-7-9-8-22-12-4-2-1-3-10(9)12/h1-6,8,19H,7H2. The second-order valence-corrected chi connectivity index (χ2v) is 7.40. The molecule has 120 valence electrons. The van der Waals surface area contributed by atoms with Gasteiger partial charge < -0.3 is 0 Å². The SMILES string of the molecule is O=S(=O)(NCc1csc2ccccc12)c1ccc(F)c(F)c1F. The van der Waals surface area contributed by atoms with Crippen molar-refractivity contribution in [1.82, 2.24) is 4.72 Å². The minimum atomic E-state index is -4.30. The van der Waals surface area contributed by atoms with E-state index in [1.54, 1.807) is 5.38 Å². The Balaban J connectivity index is 1.89. The van der Waals surface area contributed by atoms with Gasteiger partial charge in [0.05, 0.1) is 0 Å². The summed E-state index contributed by atoms with van der Waals surface area (Å²) in [6.45, 7) is -0.0786. The molecule has 3 rings (SSSR count). The molecule has 0 saturated carbocycles. The van der Waals surface area contributed by atoms with Crippen LogP contribution >= 0.6 is 11.3 Å². The fourth-order valence-corrected chi connectivity index (χ4v) is 4.17. The molecule has 3 aromatic rings. The van der Waals surface area contributed by atoms with Crippen molar-refractivity contribution in [3.8, 4) is 0 Å². The first-order chi connectivity index (χ1) is 10.9. The van der Waals surface area contributed by atoms with Crippen molar-refractivity contribution in [2.45, 2.75) is 11.4 Å². The number of fused-ring (bicyclic) bond motifs is 1. The molecule has 0 aliphatic rings. The van der Waals surface area contributed by atoms with Gasteiger partial charge in [0.25, 0.3) is 0 Å². The van der Waals surface area contributed by atoms with Crippen LogP contribution in [-0.2, 0) is 16.6 Å². The molecule has 0 radical (unpaired) electrons. The number of hydrogen-bond acceptors (Lipinski definition) is 3. The molecule has 0 unspecified atom stereocenters. The Morgan fingerprint density at radius 1 is 1.00 bits per heavy atom. The van der Waals surface area contributed by atoms with Crippen molar-refractivity contribution in [2.24, 2.45) is 0 Å². The number of hydrogen-bond donors (Lipinski definition) is 1. The quantitative estimate of drug-likeness (QED) is 0.722. The lowest BCUT2D eigenvalue weighted by molar-refractivity contribution is 0.431. The molecule has 0 fully saturated rings. The minimum absolute atomic E-state index is 0.0786. The minimum Gasteiger partial charge on any atom is -0.207 e. The highest BCUT2D eigenvalue weighted by Gasteiger charge is 2.24. The first-order valence-corrected chi connectivity index (χ1v) is 8.84. The number of benzene rings is 2. The average molecular weight is 357 g/mol. The lowest BCUT2D eigenvalue weighted by Gasteiger charge is -2.08. The molecule has 0 bridgehead atoms. The predicted molar refractivity (Wildman–Crippen MR) is 82.2 cm³/mol. The van der Waals surface area contributed by atoms with E-state index in [1.807, 2.05) is 24.3 Å². The van der Waals surface area contributed by atoms with Gasteiger partial charge in [-0.3, -0.25) is 0 Å². The molecule has 8 heteroatoms. The van der Waals surface area contributed by atoms with Crippen LogP contribution in [0.5, 0.6) is 0 Å². The summed E-state index contributed by atoms with van der Waals surface area (Å²) in [4.78, 5) is -0.920. The van der Waals surface area contributed by atoms with E-state index in [-0.39, 0.29) is 6.54 Å². The third-order valence-electron chi connectivity index (χ3n) is 3.30. The van der Waals surface area contributed by atoms with Crippen molar-refractivity contribution < 1.29 is 21.6 Å². The lowest BCUT2D eigenvalue weighted by atomic mass is 10.2. The van der Waals surface area contributed by atoms with E-state index in [4.69, 9.17) is 0 Å². The molecular weight excluding hydrogens is 347 g/mol. The van der Waals surface area contributed by atoms with E-state index in [2.05, 4.69) is 4.72 Å². The molecule has 0 atom stereocenters. The van der Waals surface area contributed by atoms with Gasteiger partial charge in [0.2, 0.25) is 10.0 Å². The Morgan fingerprint density at radius 3 is 2.52 bits per heavy atom. The van der Waals surface area contributed by atoms with E-state index >= 15 is 0 Å². The van der Waals surface area contributed by atoms with Gasteiger partial charge >= 0.3 is 0 Å². The highest BCUT2D eigenvalue weighted by atomic mass is 32.2. The summed E-state index contributed by atoms with van der Waals surface area (Å²) in [6.07, 6.45) is 0. The highest BCUT2D eigenvalue weighted by molar-refractivity contribution is 7.89. The first kappa shape index (κ1) is 16.0. The van der Waals surface area contributed by atoms with Crippen molar-refractivity contribution in [2.75, 3.05) is 0 Å². The Bertz CT molecular complexity index is 984. The van der Waals surface area contributed by atoms with E-state index in [0.29, 0.717) is 12.1 Å². The normalized spacial score (nSPS) is 12.0. The van der Waals surface area contributed by atoms with Crippen LogP contribution in [0.1, 0.15) is 5.56 Å². The van der Waals surface area contributed by atoms with Gasteiger partial charge in [-0.15, -0.1) is 11.3 Å². The van der Waals surface area contributed by atoms with Crippen LogP contribution in [0.25, 0.3) is 10.1 Å². The lowest BCUT2D eigenvalue weighted by Crippen LogP contribution is -2.24. The van der Waals surface area contributed by atoms with Gasteiger partial charge in [0.15, 0.2) is 17.5 Å². The van der Waals surface area contributed by atoms with Crippen LogP contribution in [0.2, 0.25) is 0 Å². The summed E-state index contributed by atoms with van der Waals surface area (Å²) >= 11 is 1.45. The van der Waals surface area contributed by atoms with E-state index in [0.717, 1.165) is 15.6 Å².